The predicted molar refractivity (Wildman–Crippen MR) is 103 cm³/mol. The Morgan fingerprint density at radius 1 is 1.26 bits per heavy atom. The molecule has 3 amide bonds. The van der Waals surface area contributed by atoms with E-state index in [9.17, 15) is 9.59 Å². The normalized spacial score (nSPS) is 23.3. The molecule has 0 bridgehead atoms. The molecule has 140 valence electrons. The maximum Gasteiger partial charge on any atom is 0.321 e. The summed E-state index contributed by atoms with van der Waals surface area (Å²) in [4.78, 5) is 30.8. The molecular weight excluding hydrogens is 340 g/mol. The molecule has 6 heteroatoms. The van der Waals surface area contributed by atoms with Gasteiger partial charge in [-0.25, -0.2) is 4.79 Å². The van der Waals surface area contributed by atoms with Gasteiger partial charge in [-0.05, 0) is 55.2 Å². The number of carbonyl (C=O) groups excluding carboxylic acids is 2. The Morgan fingerprint density at radius 3 is 2.85 bits per heavy atom. The molecular formula is C21H24N4O2. The zero-order valence-corrected chi connectivity index (χ0v) is 15.4. The molecule has 1 saturated carbocycles. The molecule has 6 nitrogen and oxygen atoms in total. The van der Waals surface area contributed by atoms with Gasteiger partial charge in [0.25, 0.3) is 0 Å². The number of nitrogens with zero attached hydrogens (tertiary/aromatic N) is 2. The molecule has 2 fully saturated rings. The second-order valence-electron chi connectivity index (χ2n) is 7.66. The minimum absolute atomic E-state index is 0.0103. The van der Waals surface area contributed by atoms with Crippen molar-refractivity contribution in [3.63, 3.8) is 0 Å². The van der Waals surface area contributed by atoms with Crippen LogP contribution in [-0.4, -0.2) is 34.9 Å². The number of aryl methyl sites for hydroxylation is 1. The van der Waals surface area contributed by atoms with Gasteiger partial charge in [0.05, 0.1) is 0 Å². The molecule has 1 aliphatic carbocycles. The largest absolute Gasteiger partial charge is 0.352 e. The van der Waals surface area contributed by atoms with E-state index < -0.39 is 0 Å². The predicted octanol–water partition coefficient (Wildman–Crippen LogP) is 2.95. The molecule has 0 radical (unpaired) electrons. The lowest BCUT2D eigenvalue weighted by atomic mass is 10.0. The Kier molecular flexibility index (Phi) is 4.56. The van der Waals surface area contributed by atoms with Crippen molar-refractivity contribution >= 4 is 17.6 Å². The number of anilines is 1. The van der Waals surface area contributed by atoms with Crippen molar-refractivity contribution in [2.45, 2.75) is 26.3 Å². The van der Waals surface area contributed by atoms with Gasteiger partial charge < -0.3 is 15.5 Å². The topological polar surface area (TPSA) is 74.3 Å². The Morgan fingerprint density at radius 2 is 2.07 bits per heavy atom. The minimum atomic E-state index is -0.0830. The van der Waals surface area contributed by atoms with Crippen molar-refractivity contribution in [3.8, 4) is 0 Å². The molecule has 2 N–H and O–H groups in total. The van der Waals surface area contributed by atoms with Crippen molar-refractivity contribution in [1.82, 2.24) is 15.2 Å². The van der Waals surface area contributed by atoms with Crippen LogP contribution in [0.25, 0.3) is 0 Å². The van der Waals surface area contributed by atoms with Crippen molar-refractivity contribution in [2.24, 2.45) is 11.3 Å². The van der Waals surface area contributed by atoms with Crippen molar-refractivity contribution in [2.75, 3.05) is 18.4 Å². The summed E-state index contributed by atoms with van der Waals surface area (Å²) in [6.07, 6.45) is 5.20. The molecule has 2 atom stereocenters. The van der Waals surface area contributed by atoms with E-state index in [1.165, 1.54) is 0 Å². The van der Waals surface area contributed by atoms with Crippen LogP contribution in [0.1, 0.15) is 24.0 Å². The molecule has 27 heavy (non-hydrogen) atoms. The zero-order chi connectivity index (χ0) is 18.9. The van der Waals surface area contributed by atoms with Crippen LogP contribution in [0.15, 0.2) is 48.8 Å². The third-order valence-electron chi connectivity index (χ3n) is 5.66. The molecule has 0 unspecified atom stereocenters. The number of nitrogens with one attached hydrogen (secondary N) is 2. The van der Waals surface area contributed by atoms with Crippen molar-refractivity contribution < 1.29 is 9.59 Å². The zero-order valence-electron chi connectivity index (χ0n) is 15.4. The van der Waals surface area contributed by atoms with Gasteiger partial charge in [-0.2, -0.15) is 0 Å². The Labute approximate surface area is 159 Å². The molecule has 2 aromatic rings. The number of benzene rings is 1. The maximum absolute atomic E-state index is 12.5. The first-order valence-electron chi connectivity index (χ1n) is 9.35. The maximum atomic E-state index is 12.5. The molecule has 1 aromatic heterocycles. The van der Waals surface area contributed by atoms with Gasteiger partial charge in [0.2, 0.25) is 5.91 Å². The average molecular weight is 364 g/mol. The lowest BCUT2D eigenvalue weighted by molar-refractivity contribution is -0.123. The van der Waals surface area contributed by atoms with E-state index in [-0.39, 0.29) is 23.3 Å². The van der Waals surface area contributed by atoms with Gasteiger partial charge in [-0.15, -0.1) is 0 Å². The van der Waals surface area contributed by atoms with Crippen LogP contribution in [0.2, 0.25) is 0 Å². The summed E-state index contributed by atoms with van der Waals surface area (Å²) in [7, 11) is 0. The summed E-state index contributed by atoms with van der Waals surface area (Å²) in [5.41, 5.74) is 2.92. The first-order chi connectivity index (χ1) is 13.1. The van der Waals surface area contributed by atoms with Crippen LogP contribution in [0.3, 0.4) is 0 Å². The van der Waals surface area contributed by atoms with Crippen LogP contribution >= 0.6 is 0 Å². The molecule has 1 aliphatic heterocycles. The number of hydrogen-bond donors (Lipinski definition) is 2. The highest BCUT2D eigenvalue weighted by molar-refractivity contribution is 5.90. The highest BCUT2D eigenvalue weighted by Crippen LogP contribution is 2.58. The number of aromatic nitrogens is 1. The molecule has 1 spiro atoms. The van der Waals surface area contributed by atoms with Gasteiger partial charge in [-0.1, -0.05) is 12.1 Å². The average Bonchev–Trinajstić information content (AvgIpc) is 3.20. The molecule has 1 aromatic carbocycles. The van der Waals surface area contributed by atoms with Gasteiger partial charge in [0.15, 0.2) is 0 Å². The number of pyridine rings is 1. The number of urea groups is 1. The Balaban J connectivity index is 1.29. The van der Waals surface area contributed by atoms with Crippen LogP contribution < -0.4 is 10.6 Å². The third kappa shape index (κ3) is 3.79. The Bertz CT molecular complexity index is 854. The van der Waals surface area contributed by atoms with E-state index in [4.69, 9.17) is 0 Å². The molecule has 1 saturated heterocycles. The van der Waals surface area contributed by atoms with Crippen LogP contribution in [0.4, 0.5) is 10.5 Å². The summed E-state index contributed by atoms with van der Waals surface area (Å²) in [5.74, 6) is 0.101. The first kappa shape index (κ1) is 17.5. The van der Waals surface area contributed by atoms with Crippen LogP contribution in [-0.2, 0) is 11.3 Å². The fourth-order valence-corrected chi connectivity index (χ4v) is 3.98. The summed E-state index contributed by atoms with van der Waals surface area (Å²) >= 11 is 0. The van der Waals surface area contributed by atoms with E-state index in [1.807, 2.05) is 48.2 Å². The van der Waals surface area contributed by atoms with Crippen molar-refractivity contribution in [1.29, 1.82) is 0 Å². The fourth-order valence-electron chi connectivity index (χ4n) is 3.98. The van der Waals surface area contributed by atoms with E-state index in [2.05, 4.69) is 15.6 Å². The quantitative estimate of drug-likeness (QED) is 0.876. The number of amides is 3. The summed E-state index contributed by atoms with van der Waals surface area (Å²) in [5, 5.41) is 5.98. The van der Waals surface area contributed by atoms with Crippen LogP contribution in [0, 0.1) is 18.3 Å². The SMILES string of the molecule is Cc1cccc(NC(=O)N2CC[C@]3(C[C@@H]3C(=O)NCc3ccncc3)C2)c1. The molecule has 2 heterocycles. The van der Waals surface area contributed by atoms with E-state index in [0.29, 0.717) is 19.6 Å². The van der Waals surface area contributed by atoms with E-state index in [0.717, 1.165) is 29.7 Å². The lowest BCUT2D eigenvalue weighted by Gasteiger charge is -2.18. The number of hydrogen-bond acceptors (Lipinski definition) is 3. The minimum Gasteiger partial charge on any atom is -0.352 e. The first-order valence-corrected chi connectivity index (χ1v) is 9.35. The third-order valence-corrected chi connectivity index (χ3v) is 5.66. The van der Waals surface area contributed by atoms with E-state index >= 15 is 0 Å². The number of rotatable bonds is 4. The molecule has 4 rings (SSSR count). The van der Waals surface area contributed by atoms with E-state index in [1.54, 1.807) is 12.4 Å². The highest BCUT2D eigenvalue weighted by atomic mass is 16.2. The number of likely N-dealkylation sites (tertiary alicyclic amines) is 1. The standard InChI is InChI=1S/C21H24N4O2/c1-15-3-2-4-17(11-15)24-20(27)25-10-7-21(14-25)12-18(21)19(26)23-13-16-5-8-22-9-6-16/h2-6,8-9,11,18H,7,10,12-14H2,1H3,(H,23,26)(H,24,27)/t18-,21+/m1/s1. The lowest BCUT2D eigenvalue weighted by Crippen LogP contribution is -2.34. The van der Waals surface area contributed by atoms with Gasteiger partial charge in [0, 0.05) is 49.0 Å². The van der Waals surface area contributed by atoms with Crippen LogP contribution in [0.5, 0.6) is 0 Å². The monoisotopic (exact) mass is 364 g/mol. The number of carbonyl (C=O) groups is 2. The second kappa shape index (κ2) is 7.02. The summed E-state index contributed by atoms with van der Waals surface area (Å²) < 4.78 is 0. The Hall–Kier alpha value is -2.89. The van der Waals surface area contributed by atoms with Gasteiger partial charge in [0.1, 0.15) is 0 Å². The van der Waals surface area contributed by atoms with Gasteiger partial charge >= 0.3 is 6.03 Å². The van der Waals surface area contributed by atoms with Gasteiger partial charge in [-0.3, -0.25) is 9.78 Å². The van der Waals surface area contributed by atoms with Crippen molar-refractivity contribution in [3.05, 3.63) is 59.9 Å². The highest BCUT2D eigenvalue weighted by Gasteiger charge is 2.61. The smallest absolute Gasteiger partial charge is 0.321 e. The fraction of sp³-hybridized carbons (Fsp3) is 0.381. The summed E-state index contributed by atoms with van der Waals surface area (Å²) in [6, 6.07) is 11.5. The second-order valence-corrected chi connectivity index (χ2v) is 7.66. The molecule has 2 aliphatic rings. The summed E-state index contributed by atoms with van der Waals surface area (Å²) in [6.45, 7) is 3.87.